The molecule has 1 aliphatic carbocycles. The summed E-state index contributed by atoms with van der Waals surface area (Å²) in [4.78, 5) is 14.5. The summed E-state index contributed by atoms with van der Waals surface area (Å²) in [5.41, 5.74) is 2.87. The molecule has 3 heteroatoms. The fourth-order valence-electron chi connectivity index (χ4n) is 3.85. The summed E-state index contributed by atoms with van der Waals surface area (Å²) in [6.45, 7) is 4.30. The Balaban J connectivity index is 1.61. The van der Waals surface area contributed by atoms with Crippen LogP contribution in [0.1, 0.15) is 43.7 Å². The Morgan fingerprint density at radius 2 is 1.90 bits per heavy atom. The zero-order chi connectivity index (χ0) is 14.7. The van der Waals surface area contributed by atoms with Gasteiger partial charge in [0.1, 0.15) is 0 Å². The molecule has 3 rings (SSSR count). The van der Waals surface area contributed by atoms with Crippen LogP contribution in [0.15, 0.2) is 24.3 Å². The lowest BCUT2D eigenvalue weighted by molar-refractivity contribution is -0.131. The second-order valence-corrected chi connectivity index (χ2v) is 6.36. The van der Waals surface area contributed by atoms with E-state index in [1.54, 1.807) is 0 Å². The van der Waals surface area contributed by atoms with E-state index in [0.29, 0.717) is 18.0 Å². The number of benzene rings is 1. The highest BCUT2D eigenvalue weighted by atomic mass is 16.2. The van der Waals surface area contributed by atoms with E-state index < -0.39 is 0 Å². The molecule has 1 aliphatic heterocycles. The summed E-state index contributed by atoms with van der Waals surface area (Å²) in [7, 11) is 0. The van der Waals surface area contributed by atoms with Gasteiger partial charge in [0.2, 0.25) is 5.91 Å². The van der Waals surface area contributed by atoms with Gasteiger partial charge in [-0.15, -0.1) is 0 Å². The van der Waals surface area contributed by atoms with Crippen molar-refractivity contribution in [2.75, 3.05) is 13.1 Å². The van der Waals surface area contributed by atoms with Gasteiger partial charge >= 0.3 is 0 Å². The van der Waals surface area contributed by atoms with Crippen LogP contribution in [0.25, 0.3) is 0 Å². The molecule has 1 N–H and O–H groups in total. The van der Waals surface area contributed by atoms with Crippen LogP contribution in [0.2, 0.25) is 0 Å². The number of carbonyl (C=O) groups is 1. The molecule has 21 heavy (non-hydrogen) atoms. The van der Waals surface area contributed by atoms with Crippen LogP contribution >= 0.6 is 0 Å². The number of hydrogen-bond acceptors (Lipinski definition) is 2. The Hall–Kier alpha value is -1.35. The van der Waals surface area contributed by atoms with E-state index in [-0.39, 0.29) is 0 Å². The van der Waals surface area contributed by atoms with Gasteiger partial charge in [-0.25, -0.2) is 0 Å². The molecule has 2 aliphatic rings. The van der Waals surface area contributed by atoms with Crippen LogP contribution in [-0.4, -0.2) is 36.0 Å². The van der Waals surface area contributed by atoms with Gasteiger partial charge in [-0.3, -0.25) is 4.79 Å². The van der Waals surface area contributed by atoms with E-state index in [4.69, 9.17) is 0 Å². The summed E-state index contributed by atoms with van der Waals surface area (Å²) in [6.07, 6.45) is 6.14. The van der Waals surface area contributed by atoms with Gasteiger partial charge in [0, 0.05) is 18.5 Å². The largest absolute Gasteiger partial charge is 0.336 e. The lowest BCUT2D eigenvalue weighted by Gasteiger charge is -2.31. The molecule has 0 saturated carbocycles. The molecule has 0 unspecified atom stereocenters. The van der Waals surface area contributed by atoms with E-state index in [9.17, 15) is 4.79 Å². The fourth-order valence-corrected chi connectivity index (χ4v) is 3.85. The second-order valence-electron chi connectivity index (χ2n) is 6.36. The molecular weight excluding hydrogens is 260 g/mol. The van der Waals surface area contributed by atoms with Gasteiger partial charge < -0.3 is 10.2 Å². The minimum absolute atomic E-state index is 0.369. The van der Waals surface area contributed by atoms with Crippen molar-refractivity contribution in [1.29, 1.82) is 0 Å². The minimum atomic E-state index is 0.369. The zero-order valence-electron chi connectivity index (χ0n) is 13.0. The van der Waals surface area contributed by atoms with Crippen molar-refractivity contribution >= 4 is 5.91 Å². The molecule has 1 saturated heterocycles. The van der Waals surface area contributed by atoms with Gasteiger partial charge in [0.15, 0.2) is 0 Å². The average molecular weight is 286 g/mol. The lowest BCUT2D eigenvalue weighted by Crippen LogP contribution is -2.43. The van der Waals surface area contributed by atoms with Crippen molar-refractivity contribution in [3.63, 3.8) is 0 Å². The lowest BCUT2D eigenvalue weighted by atomic mass is 10.1. The SMILES string of the molecule is CCCNCC[C@H]1CCC(=O)N1C1Cc2ccccc2C1. The molecule has 0 aromatic heterocycles. The molecule has 1 heterocycles. The third-order valence-electron chi connectivity index (χ3n) is 4.88. The summed E-state index contributed by atoms with van der Waals surface area (Å²) in [6, 6.07) is 9.49. The van der Waals surface area contributed by atoms with Crippen LogP contribution in [-0.2, 0) is 17.6 Å². The third-order valence-corrected chi connectivity index (χ3v) is 4.88. The first kappa shape index (κ1) is 14.6. The molecule has 1 amide bonds. The molecule has 0 spiro atoms. The normalized spacial score (nSPS) is 22.0. The molecule has 114 valence electrons. The van der Waals surface area contributed by atoms with Crippen LogP contribution in [0.5, 0.6) is 0 Å². The number of hydrogen-bond donors (Lipinski definition) is 1. The van der Waals surface area contributed by atoms with Gasteiger partial charge in [0.05, 0.1) is 0 Å². The molecular formula is C18H26N2O. The molecule has 0 bridgehead atoms. The first-order valence-corrected chi connectivity index (χ1v) is 8.38. The van der Waals surface area contributed by atoms with Gasteiger partial charge in [-0.2, -0.15) is 0 Å². The van der Waals surface area contributed by atoms with Gasteiger partial charge in [0.25, 0.3) is 0 Å². The second kappa shape index (κ2) is 6.61. The third kappa shape index (κ3) is 3.13. The Labute approximate surface area is 127 Å². The van der Waals surface area contributed by atoms with E-state index >= 15 is 0 Å². The highest BCUT2D eigenvalue weighted by Crippen LogP contribution is 2.32. The predicted molar refractivity (Wildman–Crippen MR) is 85.3 cm³/mol. The van der Waals surface area contributed by atoms with Gasteiger partial charge in [-0.05, 0) is 56.3 Å². The number of carbonyl (C=O) groups excluding carboxylic acids is 1. The smallest absolute Gasteiger partial charge is 0.223 e. The van der Waals surface area contributed by atoms with E-state index in [0.717, 1.165) is 45.2 Å². The Kier molecular flexibility index (Phi) is 4.59. The first-order valence-electron chi connectivity index (χ1n) is 8.38. The Bertz CT molecular complexity index is 475. The quantitative estimate of drug-likeness (QED) is 0.815. The summed E-state index contributed by atoms with van der Waals surface area (Å²) >= 11 is 0. The Morgan fingerprint density at radius 1 is 1.19 bits per heavy atom. The monoisotopic (exact) mass is 286 g/mol. The van der Waals surface area contributed by atoms with Crippen molar-refractivity contribution in [3.8, 4) is 0 Å². The van der Waals surface area contributed by atoms with Crippen LogP contribution in [0, 0.1) is 0 Å². The topological polar surface area (TPSA) is 32.3 Å². The number of rotatable bonds is 6. The molecule has 0 radical (unpaired) electrons. The van der Waals surface area contributed by atoms with Crippen molar-refractivity contribution in [2.24, 2.45) is 0 Å². The minimum Gasteiger partial charge on any atom is -0.336 e. The highest BCUT2D eigenvalue weighted by molar-refractivity contribution is 5.79. The van der Waals surface area contributed by atoms with E-state index in [1.165, 1.54) is 17.5 Å². The van der Waals surface area contributed by atoms with Crippen molar-refractivity contribution in [2.45, 2.75) is 57.5 Å². The predicted octanol–water partition coefficient (Wildman–Crippen LogP) is 2.53. The molecule has 1 fully saturated rings. The molecule has 1 aromatic carbocycles. The maximum Gasteiger partial charge on any atom is 0.223 e. The number of amides is 1. The maximum absolute atomic E-state index is 12.3. The zero-order valence-corrected chi connectivity index (χ0v) is 13.0. The highest BCUT2D eigenvalue weighted by Gasteiger charge is 2.38. The van der Waals surface area contributed by atoms with E-state index in [1.807, 2.05) is 0 Å². The van der Waals surface area contributed by atoms with Gasteiger partial charge in [-0.1, -0.05) is 31.2 Å². The molecule has 3 nitrogen and oxygen atoms in total. The molecule has 1 aromatic rings. The van der Waals surface area contributed by atoms with Crippen LogP contribution in [0.4, 0.5) is 0 Å². The van der Waals surface area contributed by atoms with Crippen molar-refractivity contribution in [3.05, 3.63) is 35.4 Å². The maximum atomic E-state index is 12.3. The summed E-state index contributed by atoms with van der Waals surface area (Å²) in [5.74, 6) is 0.369. The first-order chi connectivity index (χ1) is 10.3. The molecule has 1 atom stereocenters. The number of fused-ring (bicyclic) bond motifs is 1. The fraction of sp³-hybridized carbons (Fsp3) is 0.611. The standard InChI is InChI=1S/C18H26N2O/c1-2-10-19-11-9-16-7-8-18(21)20(16)17-12-14-5-3-4-6-15(14)13-17/h3-6,16-17,19H,2,7-13H2,1H3/t16-/m1/s1. The van der Waals surface area contributed by atoms with E-state index in [2.05, 4.69) is 41.4 Å². The van der Waals surface area contributed by atoms with Crippen molar-refractivity contribution in [1.82, 2.24) is 10.2 Å². The van der Waals surface area contributed by atoms with Crippen LogP contribution < -0.4 is 5.32 Å². The summed E-state index contributed by atoms with van der Waals surface area (Å²) in [5, 5.41) is 3.47. The number of nitrogens with zero attached hydrogens (tertiary/aromatic N) is 1. The average Bonchev–Trinajstić information content (AvgIpc) is 3.06. The van der Waals surface area contributed by atoms with Crippen molar-refractivity contribution < 1.29 is 4.79 Å². The summed E-state index contributed by atoms with van der Waals surface area (Å²) < 4.78 is 0. The number of nitrogens with one attached hydrogen (secondary N) is 1. The number of likely N-dealkylation sites (tertiary alicyclic amines) is 1. The Morgan fingerprint density at radius 3 is 2.57 bits per heavy atom. The van der Waals surface area contributed by atoms with Crippen LogP contribution in [0.3, 0.4) is 0 Å².